The zero-order chi connectivity index (χ0) is 17.6. The third-order valence-electron chi connectivity index (χ3n) is 3.23. The lowest BCUT2D eigenvalue weighted by Gasteiger charge is -2.06. The van der Waals surface area contributed by atoms with Crippen molar-refractivity contribution in [1.82, 2.24) is 25.0 Å². The smallest absolute Gasteiger partial charge is 0.236 e. The van der Waals surface area contributed by atoms with E-state index in [1.54, 1.807) is 22.9 Å². The SMILES string of the molecule is C=CCn1c(SCC(=O)Nc2nncs2)nnc1-c1csc(CC)c1. The van der Waals surface area contributed by atoms with Crippen LogP contribution in [0.15, 0.2) is 34.8 Å². The normalized spacial score (nSPS) is 10.8. The van der Waals surface area contributed by atoms with Crippen molar-refractivity contribution in [3.05, 3.63) is 34.5 Å². The summed E-state index contributed by atoms with van der Waals surface area (Å²) in [6.45, 7) is 6.51. The van der Waals surface area contributed by atoms with Crippen molar-refractivity contribution in [2.45, 2.75) is 25.0 Å². The van der Waals surface area contributed by atoms with Gasteiger partial charge in [0, 0.05) is 22.4 Å². The molecule has 10 heteroatoms. The lowest BCUT2D eigenvalue weighted by Crippen LogP contribution is -2.14. The van der Waals surface area contributed by atoms with E-state index in [1.165, 1.54) is 28.0 Å². The molecule has 130 valence electrons. The minimum atomic E-state index is -0.153. The third-order valence-corrected chi connectivity index (χ3v) is 5.88. The first-order chi connectivity index (χ1) is 12.2. The number of amides is 1. The summed E-state index contributed by atoms with van der Waals surface area (Å²) < 4.78 is 1.97. The fourth-order valence-electron chi connectivity index (χ4n) is 2.10. The van der Waals surface area contributed by atoms with Crippen LogP contribution in [0.25, 0.3) is 11.4 Å². The summed E-state index contributed by atoms with van der Waals surface area (Å²) in [6, 6.07) is 2.13. The molecule has 0 aliphatic carbocycles. The molecule has 3 aromatic heterocycles. The molecule has 7 nitrogen and oxygen atoms in total. The first kappa shape index (κ1) is 17.8. The number of hydrogen-bond acceptors (Lipinski definition) is 8. The Hall–Kier alpha value is -2.04. The second-order valence-corrected chi connectivity index (χ2v) is 7.71. The molecule has 3 heterocycles. The van der Waals surface area contributed by atoms with Gasteiger partial charge in [0.15, 0.2) is 11.0 Å². The maximum absolute atomic E-state index is 12.0. The van der Waals surface area contributed by atoms with Crippen LogP contribution < -0.4 is 5.32 Å². The highest BCUT2D eigenvalue weighted by Gasteiger charge is 2.16. The maximum Gasteiger partial charge on any atom is 0.236 e. The molecule has 1 amide bonds. The number of aromatic nitrogens is 5. The topological polar surface area (TPSA) is 85.6 Å². The summed E-state index contributed by atoms with van der Waals surface area (Å²) in [7, 11) is 0. The van der Waals surface area contributed by atoms with Crippen molar-refractivity contribution in [2.75, 3.05) is 11.1 Å². The molecule has 25 heavy (non-hydrogen) atoms. The molecule has 1 N–H and O–H groups in total. The Bertz CT molecular complexity index is 855. The molecular formula is C15H16N6OS3. The number of carbonyl (C=O) groups is 1. The van der Waals surface area contributed by atoms with Crippen molar-refractivity contribution >= 4 is 45.5 Å². The third kappa shape index (κ3) is 4.33. The minimum absolute atomic E-state index is 0.153. The molecule has 0 unspecified atom stereocenters. The summed E-state index contributed by atoms with van der Waals surface area (Å²) >= 11 is 4.33. The van der Waals surface area contributed by atoms with Crippen molar-refractivity contribution in [3.63, 3.8) is 0 Å². The Morgan fingerprint density at radius 2 is 2.28 bits per heavy atom. The number of hydrogen-bond donors (Lipinski definition) is 1. The van der Waals surface area contributed by atoms with Crippen LogP contribution in [-0.4, -0.2) is 36.6 Å². The van der Waals surface area contributed by atoms with Gasteiger partial charge in [0.25, 0.3) is 0 Å². The first-order valence-corrected chi connectivity index (χ1v) is 10.3. The molecule has 0 bridgehead atoms. The van der Waals surface area contributed by atoms with Crippen molar-refractivity contribution in [1.29, 1.82) is 0 Å². The quantitative estimate of drug-likeness (QED) is 0.467. The van der Waals surface area contributed by atoms with Crippen LogP contribution in [0.2, 0.25) is 0 Å². The molecular weight excluding hydrogens is 376 g/mol. The van der Waals surface area contributed by atoms with Gasteiger partial charge in [-0.25, -0.2) is 0 Å². The monoisotopic (exact) mass is 392 g/mol. The van der Waals surface area contributed by atoms with Crippen molar-refractivity contribution in [2.24, 2.45) is 0 Å². The molecule has 0 aliphatic rings. The number of rotatable bonds is 8. The largest absolute Gasteiger partial charge is 0.300 e. The number of nitrogens with one attached hydrogen (secondary N) is 1. The summed E-state index contributed by atoms with van der Waals surface area (Å²) in [6.07, 6.45) is 2.79. The lowest BCUT2D eigenvalue weighted by molar-refractivity contribution is -0.113. The maximum atomic E-state index is 12.0. The summed E-state index contributed by atoms with van der Waals surface area (Å²) in [4.78, 5) is 13.3. The fourth-order valence-corrected chi connectivity index (χ4v) is 4.12. The number of thiophene rings is 1. The van der Waals surface area contributed by atoms with E-state index >= 15 is 0 Å². The van der Waals surface area contributed by atoms with Gasteiger partial charge in [-0.05, 0) is 12.5 Å². The Morgan fingerprint density at radius 1 is 1.40 bits per heavy atom. The Balaban J connectivity index is 1.72. The van der Waals surface area contributed by atoms with E-state index in [-0.39, 0.29) is 11.7 Å². The zero-order valence-electron chi connectivity index (χ0n) is 13.5. The van der Waals surface area contributed by atoms with Crippen LogP contribution in [0, 0.1) is 0 Å². The fraction of sp³-hybridized carbons (Fsp3) is 0.267. The number of anilines is 1. The summed E-state index contributed by atoms with van der Waals surface area (Å²) in [5.41, 5.74) is 2.61. The number of allylic oxidation sites excluding steroid dienone is 1. The van der Waals surface area contributed by atoms with Crippen molar-refractivity contribution < 1.29 is 4.79 Å². The molecule has 3 rings (SSSR count). The van der Waals surface area contributed by atoms with Gasteiger partial charge in [-0.2, -0.15) is 0 Å². The van der Waals surface area contributed by atoms with Crippen LogP contribution in [0.3, 0.4) is 0 Å². The minimum Gasteiger partial charge on any atom is -0.300 e. The second-order valence-electron chi connectivity index (χ2n) is 4.94. The van der Waals surface area contributed by atoms with Gasteiger partial charge in [0.2, 0.25) is 11.0 Å². The predicted molar refractivity (Wildman–Crippen MR) is 102 cm³/mol. The van der Waals surface area contributed by atoms with E-state index < -0.39 is 0 Å². The number of carbonyl (C=O) groups excluding carboxylic acids is 1. The Kier molecular flexibility index (Phi) is 5.95. The van der Waals surface area contributed by atoms with E-state index in [0.29, 0.717) is 16.8 Å². The first-order valence-electron chi connectivity index (χ1n) is 7.52. The number of aryl methyl sites for hydroxylation is 1. The molecule has 0 atom stereocenters. The average Bonchev–Trinajstić information content (AvgIpc) is 3.34. The van der Waals surface area contributed by atoms with Crippen LogP contribution in [-0.2, 0) is 17.8 Å². The highest BCUT2D eigenvalue weighted by atomic mass is 32.2. The van der Waals surface area contributed by atoms with E-state index in [0.717, 1.165) is 17.8 Å². The Morgan fingerprint density at radius 3 is 2.96 bits per heavy atom. The summed E-state index contributed by atoms with van der Waals surface area (Å²) in [5.74, 6) is 0.863. The molecule has 3 aromatic rings. The van der Waals surface area contributed by atoms with Gasteiger partial charge in [-0.1, -0.05) is 36.1 Å². The molecule has 0 saturated carbocycles. The number of thioether (sulfide) groups is 1. The molecule has 0 aliphatic heterocycles. The second kappa shape index (κ2) is 8.37. The van der Waals surface area contributed by atoms with Crippen LogP contribution in [0.4, 0.5) is 5.13 Å². The summed E-state index contributed by atoms with van der Waals surface area (Å²) in [5, 5.41) is 22.0. The van der Waals surface area contributed by atoms with Gasteiger partial charge < -0.3 is 0 Å². The molecule has 0 radical (unpaired) electrons. The number of nitrogens with zero attached hydrogens (tertiary/aromatic N) is 5. The van der Waals surface area contributed by atoms with Crippen LogP contribution in [0.5, 0.6) is 0 Å². The van der Waals surface area contributed by atoms with Gasteiger partial charge >= 0.3 is 0 Å². The Labute approximate surface area is 157 Å². The lowest BCUT2D eigenvalue weighted by atomic mass is 10.2. The molecule has 0 aromatic carbocycles. The molecule has 0 spiro atoms. The average molecular weight is 393 g/mol. The van der Waals surface area contributed by atoms with E-state index in [9.17, 15) is 4.79 Å². The van der Waals surface area contributed by atoms with Gasteiger partial charge in [-0.15, -0.1) is 38.3 Å². The van der Waals surface area contributed by atoms with E-state index in [4.69, 9.17) is 0 Å². The van der Waals surface area contributed by atoms with Crippen LogP contribution >= 0.6 is 34.4 Å². The molecule has 0 saturated heterocycles. The van der Waals surface area contributed by atoms with E-state index in [1.807, 2.05) is 4.57 Å². The standard InChI is InChI=1S/C15H16N6OS3/c1-3-5-21-13(10-6-11(4-2)23-7-10)18-20-15(21)24-8-12(22)17-14-19-16-9-25-14/h3,6-7,9H,1,4-5,8H2,2H3,(H,17,19,22). The van der Waals surface area contributed by atoms with Gasteiger partial charge in [0.1, 0.15) is 5.51 Å². The molecule has 0 fully saturated rings. The van der Waals surface area contributed by atoms with Gasteiger partial charge in [-0.3, -0.25) is 14.7 Å². The highest BCUT2D eigenvalue weighted by molar-refractivity contribution is 7.99. The highest BCUT2D eigenvalue weighted by Crippen LogP contribution is 2.28. The van der Waals surface area contributed by atoms with Crippen LogP contribution in [0.1, 0.15) is 11.8 Å². The zero-order valence-corrected chi connectivity index (χ0v) is 16.0. The predicted octanol–water partition coefficient (Wildman–Crippen LogP) is 3.34. The van der Waals surface area contributed by atoms with Gasteiger partial charge in [0.05, 0.1) is 5.75 Å². The van der Waals surface area contributed by atoms with E-state index in [2.05, 4.69) is 50.7 Å². The van der Waals surface area contributed by atoms with Crippen molar-refractivity contribution in [3.8, 4) is 11.4 Å².